The first-order valence-corrected chi connectivity index (χ1v) is 18.3. The highest BCUT2D eigenvalue weighted by molar-refractivity contribution is 7.85. The molecule has 6 heteroatoms. The van der Waals surface area contributed by atoms with Gasteiger partial charge in [0, 0.05) is 37.9 Å². The number of fused-ring (bicyclic) bond motifs is 3. The number of ketones is 2. The summed E-state index contributed by atoms with van der Waals surface area (Å²) in [6, 6.07) is 39.7. The molecule has 0 aromatic heterocycles. The molecule has 1 unspecified atom stereocenters. The minimum absolute atomic E-state index is 0.163. The summed E-state index contributed by atoms with van der Waals surface area (Å²) in [7, 11) is -1.46. The molecule has 1 atom stereocenters. The molecular weight excluding hydrogens is 615 g/mol. The highest BCUT2D eigenvalue weighted by atomic mass is 31.2. The Morgan fingerprint density at radius 3 is 1.33 bits per heavy atom. The van der Waals surface area contributed by atoms with Crippen LogP contribution in [0.2, 0.25) is 0 Å². The maximum Gasteiger partial charge on any atom is 0.171 e. The number of Topliss-reactive ketones (excluding diaryl/α,β-unsaturated/α-hetero) is 2. The van der Waals surface area contributed by atoms with Crippen molar-refractivity contribution in [2.45, 2.75) is 45.4 Å². The maximum atomic E-state index is 14.7. The zero-order valence-corrected chi connectivity index (χ0v) is 28.2. The zero-order valence-electron chi connectivity index (χ0n) is 27.4. The third-order valence-electron chi connectivity index (χ3n) is 10.6. The van der Waals surface area contributed by atoms with Crippen molar-refractivity contribution < 1.29 is 23.6 Å². The lowest BCUT2D eigenvalue weighted by atomic mass is 9.50. The second kappa shape index (κ2) is 12.7. The Kier molecular flexibility index (Phi) is 8.43. The van der Waals surface area contributed by atoms with Gasteiger partial charge in [0.25, 0.3) is 0 Å². The van der Waals surface area contributed by atoms with Crippen molar-refractivity contribution in [2.75, 3.05) is 7.11 Å². The van der Waals surface area contributed by atoms with Gasteiger partial charge in [0.2, 0.25) is 0 Å². The number of carbonyl (C=O) groups excluding carboxylic acids is 2. The van der Waals surface area contributed by atoms with Gasteiger partial charge in [-0.1, -0.05) is 60.2 Å². The van der Waals surface area contributed by atoms with Crippen LogP contribution in [-0.4, -0.2) is 18.7 Å². The monoisotopic (exact) mass is 654 g/mol. The van der Waals surface area contributed by atoms with Crippen molar-refractivity contribution in [1.29, 1.82) is 0 Å². The molecule has 48 heavy (non-hydrogen) atoms. The minimum Gasteiger partial charge on any atom is -0.497 e. The van der Waals surface area contributed by atoms with Gasteiger partial charge in [-0.25, -0.2) is 0 Å². The fourth-order valence-corrected chi connectivity index (χ4v) is 10.2. The largest absolute Gasteiger partial charge is 0.497 e. The van der Waals surface area contributed by atoms with Crippen molar-refractivity contribution in [3.8, 4) is 17.2 Å². The highest BCUT2D eigenvalue weighted by Gasteiger charge is 2.55. The molecule has 3 aliphatic carbocycles. The van der Waals surface area contributed by atoms with Gasteiger partial charge in [0.05, 0.1) is 7.11 Å². The van der Waals surface area contributed by atoms with Crippen LogP contribution < -0.4 is 25.4 Å². The number of aryl methyl sites for hydroxylation is 1. The van der Waals surface area contributed by atoms with Crippen LogP contribution in [0.5, 0.6) is 17.2 Å². The molecule has 3 saturated carbocycles. The van der Waals surface area contributed by atoms with Gasteiger partial charge in [0.1, 0.15) is 17.2 Å². The fourth-order valence-electron chi connectivity index (χ4n) is 7.60. The molecule has 0 amide bonds. The molecule has 2 bridgehead atoms. The van der Waals surface area contributed by atoms with Crippen LogP contribution in [0.15, 0.2) is 127 Å². The van der Waals surface area contributed by atoms with Crippen LogP contribution in [0.1, 0.15) is 64.8 Å². The molecule has 0 N–H and O–H groups in total. The summed E-state index contributed by atoms with van der Waals surface area (Å²) in [6.45, 7) is 2.02. The van der Waals surface area contributed by atoms with Crippen LogP contribution in [0, 0.1) is 17.8 Å². The topological polar surface area (TPSA) is 69.7 Å². The number of hydrogen-bond donors (Lipinski definition) is 0. The fraction of sp³-hybridized carbons (Fsp3) is 0.238. The first-order valence-electron chi connectivity index (χ1n) is 16.6. The van der Waals surface area contributed by atoms with E-state index < -0.39 is 12.6 Å². The second-order valence-corrected chi connectivity index (χ2v) is 16.1. The normalized spacial score (nSPS) is 21.2. The van der Waals surface area contributed by atoms with Gasteiger partial charge in [-0.3, -0.25) is 9.59 Å². The Labute approximate surface area is 282 Å². The van der Waals surface area contributed by atoms with E-state index in [4.69, 9.17) is 9.47 Å². The average molecular weight is 655 g/mol. The molecule has 5 nitrogen and oxygen atoms in total. The number of methoxy groups -OCH3 is 1. The Hall–Kier alpha value is -4.73. The first kappa shape index (κ1) is 31.8. The van der Waals surface area contributed by atoms with Crippen molar-refractivity contribution >= 4 is 34.6 Å². The Bertz CT molecular complexity index is 1960. The predicted molar refractivity (Wildman–Crippen MR) is 191 cm³/mol. The Balaban J connectivity index is 1.03. The van der Waals surface area contributed by atoms with E-state index in [9.17, 15) is 14.2 Å². The molecule has 5 aromatic carbocycles. The number of carbonyl (C=O) groups is 2. The molecule has 3 aliphatic rings. The first-order chi connectivity index (χ1) is 23.2. The summed E-state index contributed by atoms with van der Waals surface area (Å²) < 4.78 is 26.1. The summed E-state index contributed by atoms with van der Waals surface area (Å²) in [5, 5.41) is 2.31. The molecule has 0 aliphatic heterocycles. The molecule has 0 spiro atoms. The van der Waals surface area contributed by atoms with Crippen LogP contribution in [-0.2, 0) is 4.57 Å². The van der Waals surface area contributed by atoms with E-state index in [2.05, 4.69) is 0 Å². The van der Waals surface area contributed by atoms with E-state index in [1.165, 1.54) is 0 Å². The lowest BCUT2D eigenvalue weighted by Crippen LogP contribution is -2.49. The third-order valence-corrected chi connectivity index (χ3v) is 13.7. The average Bonchev–Trinajstić information content (AvgIpc) is 3.16. The third kappa shape index (κ3) is 5.71. The van der Waals surface area contributed by atoms with Gasteiger partial charge < -0.3 is 14.0 Å². The van der Waals surface area contributed by atoms with E-state index in [0.29, 0.717) is 17.1 Å². The lowest BCUT2D eigenvalue weighted by Gasteiger charge is -2.51. The molecule has 8 rings (SSSR count). The van der Waals surface area contributed by atoms with Crippen molar-refractivity contribution in [3.05, 3.63) is 144 Å². The number of hydrogen-bond acceptors (Lipinski definition) is 5. The highest BCUT2D eigenvalue weighted by Crippen LogP contribution is 2.59. The van der Waals surface area contributed by atoms with Crippen LogP contribution in [0.25, 0.3) is 0 Å². The van der Waals surface area contributed by atoms with Crippen LogP contribution >= 0.6 is 7.14 Å². The van der Waals surface area contributed by atoms with Crippen molar-refractivity contribution in [1.82, 2.24) is 0 Å². The molecular formula is C42H39O5P. The summed E-state index contributed by atoms with van der Waals surface area (Å²) in [6.07, 6.45) is 4.40. The summed E-state index contributed by atoms with van der Waals surface area (Å²) in [5.41, 5.74) is 1.73. The maximum absolute atomic E-state index is 14.7. The molecule has 3 fully saturated rings. The van der Waals surface area contributed by atoms with Crippen LogP contribution in [0.4, 0.5) is 0 Å². The Morgan fingerprint density at radius 2 is 0.896 bits per heavy atom. The van der Waals surface area contributed by atoms with Gasteiger partial charge in [-0.2, -0.15) is 0 Å². The molecule has 0 saturated heterocycles. The summed E-state index contributed by atoms with van der Waals surface area (Å²) in [5.74, 6) is 2.34. The van der Waals surface area contributed by atoms with Gasteiger partial charge in [-0.05, 0) is 118 Å². The molecule has 242 valence electrons. The standard InChI is InChI=1S/C42H39O5P/c1-30-8-20-37(21-9-30)48(45,36-6-4-3-5-7-36)38-22-18-35(19-23-38)47-34-16-12-32(13-17-34)40(44)42-27-24-41(25-28-42,26-29-42)39(43)31-10-14-33(46-2)15-11-31/h3-23H,24-29H2,1-2H3. The number of ether oxygens (including phenoxy) is 2. The zero-order chi connectivity index (χ0) is 33.4. The molecule has 5 aromatic rings. The summed E-state index contributed by atoms with van der Waals surface area (Å²) >= 11 is 0. The summed E-state index contributed by atoms with van der Waals surface area (Å²) in [4.78, 5) is 27.4. The minimum atomic E-state index is -3.08. The van der Waals surface area contributed by atoms with E-state index in [0.717, 1.165) is 71.3 Å². The van der Waals surface area contributed by atoms with E-state index >= 15 is 0 Å². The van der Waals surface area contributed by atoms with Gasteiger partial charge >= 0.3 is 0 Å². The van der Waals surface area contributed by atoms with Crippen molar-refractivity contribution in [2.24, 2.45) is 10.8 Å². The van der Waals surface area contributed by atoms with Crippen molar-refractivity contribution in [3.63, 3.8) is 0 Å². The van der Waals surface area contributed by atoms with E-state index in [-0.39, 0.29) is 17.0 Å². The Morgan fingerprint density at radius 1 is 0.521 bits per heavy atom. The molecule has 0 heterocycles. The van der Waals surface area contributed by atoms with Gasteiger partial charge in [-0.15, -0.1) is 0 Å². The lowest BCUT2D eigenvalue weighted by molar-refractivity contribution is 0.00633. The van der Waals surface area contributed by atoms with E-state index in [1.54, 1.807) is 7.11 Å². The quantitative estimate of drug-likeness (QED) is 0.111. The SMILES string of the molecule is COc1ccc(C(=O)C23CCC(C(=O)c4ccc(Oc5ccc(P(=O)(c6ccccc6)c6ccc(C)cc6)cc5)cc4)(CC2)CC3)cc1. The van der Waals surface area contributed by atoms with E-state index in [1.807, 2.05) is 134 Å². The smallest absolute Gasteiger partial charge is 0.171 e. The predicted octanol–water partition coefficient (Wildman–Crippen LogP) is 8.84. The van der Waals surface area contributed by atoms with Gasteiger partial charge in [0.15, 0.2) is 18.7 Å². The second-order valence-electron chi connectivity index (χ2n) is 13.3. The number of rotatable bonds is 10. The molecule has 0 radical (unpaired) electrons. The van der Waals surface area contributed by atoms with Crippen LogP contribution in [0.3, 0.4) is 0 Å². The number of benzene rings is 5.